The van der Waals surface area contributed by atoms with Crippen LogP contribution in [0.2, 0.25) is 0 Å². The van der Waals surface area contributed by atoms with Crippen LogP contribution in [0.1, 0.15) is 6.42 Å². The maximum absolute atomic E-state index is 4.38. The van der Waals surface area contributed by atoms with Crippen molar-refractivity contribution in [3.63, 3.8) is 0 Å². The number of para-hydroxylation sites is 1. The molecule has 0 aliphatic carbocycles. The van der Waals surface area contributed by atoms with Gasteiger partial charge in [0.15, 0.2) is 0 Å². The van der Waals surface area contributed by atoms with Gasteiger partial charge in [0.2, 0.25) is 0 Å². The Balaban J connectivity index is 2.88. The summed E-state index contributed by atoms with van der Waals surface area (Å²) in [5.74, 6) is 0. The molecule has 1 aliphatic heterocycles. The molecule has 1 aliphatic rings. The van der Waals surface area contributed by atoms with Crippen LogP contribution in [0.25, 0.3) is 6.08 Å². The summed E-state index contributed by atoms with van der Waals surface area (Å²) >= 11 is 4.32. The second-order valence-corrected chi connectivity index (χ2v) is 3.07. The molecule has 0 fully saturated rings. The summed E-state index contributed by atoms with van der Waals surface area (Å²) in [6.07, 6.45) is 3.27. The lowest BCUT2D eigenvalue weighted by Gasteiger charge is -2.00. The molecule has 1 aromatic carbocycles. The molecule has 0 spiro atoms. The molecular weight excluding hydrogens is 154 g/mol. The molecule has 2 heteroatoms. The molecule has 0 unspecified atom stereocenters. The zero-order valence-electron chi connectivity index (χ0n) is 6.12. The minimum Gasteiger partial charge on any atom is -0.283 e. The van der Waals surface area contributed by atoms with E-state index < -0.39 is 0 Å². The smallest absolute Gasteiger partial charge is 0.0776 e. The van der Waals surface area contributed by atoms with Crippen molar-refractivity contribution in [1.29, 1.82) is 0 Å². The molecule has 0 saturated heterocycles. The van der Waals surface area contributed by atoms with E-state index in [9.17, 15) is 0 Å². The number of hydrogen-bond donors (Lipinski definition) is 1. The summed E-state index contributed by atoms with van der Waals surface area (Å²) < 4.78 is 0. The van der Waals surface area contributed by atoms with Crippen molar-refractivity contribution in [2.75, 3.05) is 6.54 Å². The Morgan fingerprint density at radius 1 is 1.36 bits per heavy atom. The fraction of sp³-hybridized carbons (Fsp3) is 0.222. The first kappa shape index (κ1) is 6.92. The van der Waals surface area contributed by atoms with Crippen molar-refractivity contribution in [1.82, 2.24) is 0 Å². The first-order chi connectivity index (χ1) is 5.38. The van der Waals surface area contributed by atoms with E-state index in [1.807, 2.05) is 12.1 Å². The highest BCUT2D eigenvalue weighted by Gasteiger charge is 1.95. The number of nitrogens with zero attached hydrogens (tertiary/aromatic N) is 1. The number of fused-ring (bicyclic) bond motifs is 1. The first-order valence-electron chi connectivity index (χ1n) is 3.70. The molecule has 11 heavy (non-hydrogen) atoms. The van der Waals surface area contributed by atoms with E-state index in [0.717, 1.165) is 23.2 Å². The van der Waals surface area contributed by atoms with Crippen LogP contribution >= 0.6 is 12.6 Å². The molecule has 1 heterocycles. The molecule has 0 bridgehead atoms. The first-order valence-corrected chi connectivity index (χ1v) is 4.15. The zero-order valence-corrected chi connectivity index (χ0v) is 7.01. The molecule has 1 aromatic rings. The van der Waals surface area contributed by atoms with E-state index in [1.165, 1.54) is 5.22 Å². The van der Waals surface area contributed by atoms with Gasteiger partial charge in [0, 0.05) is 11.4 Å². The Labute approximate surface area is 70.9 Å². The van der Waals surface area contributed by atoms with Crippen molar-refractivity contribution >= 4 is 18.7 Å². The lowest BCUT2D eigenvalue weighted by Crippen LogP contribution is -2.28. The van der Waals surface area contributed by atoms with Gasteiger partial charge >= 0.3 is 0 Å². The van der Waals surface area contributed by atoms with Crippen LogP contribution in [-0.4, -0.2) is 6.54 Å². The van der Waals surface area contributed by atoms with Gasteiger partial charge in [-0.25, -0.2) is 0 Å². The summed E-state index contributed by atoms with van der Waals surface area (Å²) in [5.41, 5.74) is 0. The van der Waals surface area contributed by atoms with Gasteiger partial charge in [0.05, 0.1) is 5.36 Å². The van der Waals surface area contributed by atoms with Crippen LogP contribution in [0.3, 0.4) is 0 Å². The van der Waals surface area contributed by atoms with Gasteiger partial charge in [-0.1, -0.05) is 18.2 Å². The van der Waals surface area contributed by atoms with Gasteiger partial charge in [-0.3, -0.25) is 4.99 Å². The van der Waals surface area contributed by atoms with E-state index in [0.29, 0.717) is 0 Å². The monoisotopic (exact) mass is 163 g/mol. The van der Waals surface area contributed by atoms with Gasteiger partial charge in [-0.2, -0.15) is 0 Å². The summed E-state index contributed by atoms with van der Waals surface area (Å²) in [5, 5.41) is 2.28. The molecule has 0 aromatic heterocycles. The Morgan fingerprint density at radius 3 is 3.09 bits per heavy atom. The normalized spacial score (nSPS) is 14.6. The molecule has 1 nitrogen and oxygen atoms in total. The van der Waals surface area contributed by atoms with Crippen LogP contribution in [0, 0.1) is 0 Å². The maximum Gasteiger partial charge on any atom is 0.0776 e. The molecule has 0 amide bonds. The number of rotatable bonds is 0. The highest BCUT2D eigenvalue weighted by molar-refractivity contribution is 7.80. The SMILES string of the molecule is Sc1cccc2c1=NCCC=2. The van der Waals surface area contributed by atoms with Gasteiger partial charge in [-0.05, 0) is 17.7 Å². The van der Waals surface area contributed by atoms with Crippen LogP contribution in [0.15, 0.2) is 28.1 Å². The molecular formula is C9H9NS. The van der Waals surface area contributed by atoms with Gasteiger partial charge < -0.3 is 0 Å². The van der Waals surface area contributed by atoms with Gasteiger partial charge in [0.25, 0.3) is 0 Å². The van der Waals surface area contributed by atoms with Gasteiger partial charge in [0.1, 0.15) is 0 Å². The van der Waals surface area contributed by atoms with E-state index in [-0.39, 0.29) is 0 Å². The number of benzene rings is 1. The molecule has 0 N–H and O–H groups in total. The lowest BCUT2D eigenvalue weighted by molar-refractivity contribution is 0.939. The Hall–Kier alpha value is -0.760. The summed E-state index contributed by atoms with van der Waals surface area (Å²) in [6.45, 7) is 0.907. The predicted octanol–water partition coefficient (Wildman–Crippen LogP) is 0.779. The maximum atomic E-state index is 4.38. The number of thiol groups is 1. The second-order valence-electron chi connectivity index (χ2n) is 2.59. The summed E-state index contributed by atoms with van der Waals surface area (Å²) in [7, 11) is 0. The average molecular weight is 163 g/mol. The minimum absolute atomic E-state index is 0.907. The third kappa shape index (κ3) is 1.18. The Kier molecular flexibility index (Phi) is 1.70. The van der Waals surface area contributed by atoms with E-state index in [4.69, 9.17) is 0 Å². The standard InChI is InChI=1S/C9H9NS/c11-8-5-1-3-7-4-2-6-10-9(7)8/h1,3-5,11H,2,6H2. The molecule has 0 saturated carbocycles. The van der Waals surface area contributed by atoms with Crippen molar-refractivity contribution in [2.45, 2.75) is 11.3 Å². The van der Waals surface area contributed by atoms with E-state index >= 15 is 0 Å². The second kappa shape index (κ2) is 2.70. The number of hydrogen-bond acceptors (Lipinski definition) is 2. The van der Waals surface area contributed by atoms with Crippen molar-refractivity contribution in [2.24, 2.45) is 4.99 Å². The van der Waals surface area contributed by atoms with Crippen LogP contribution in [0.5, 0.6) is 0 Å². The van der Waals surface area contributed by atoms with E-state index in [1.54, 1.807) is 0 Å². The van der Waals surface area contributed by atoms with Crippen molar-refractivity contribution in [3.05, 3.63) is 28.8 Å². The average Bonchev–Trinajstić information content (AvgIpc) is 2.06. The van der Waals surface area contributed by atoms with Gasteiger partial charge in [-0.15, -0.1) is 12.6 Å². The molecule has 2 rings (SSSR count). The predicted molar refractivity (Wildman–Crippen MR) is 48.4 cm³/mol. The highest BCUT2D eigenvalue weighted by Crippen LogP contribution is 1.96. The van der Waals surface area contributed by atoms with Crippen molar-refractivity contribution < 1.29 is 0 Å². The Bertz CT molecular complexity index is 381. The third-order valence-corrected chi connectivity index (χ3v) is 2.17. The molecule has 56 valence electrons. The van der Waals surface area contributed by atoms with Crippen LogP contribution in [-0.2, 0) is 0 Å². The van der Waals surface area contributed by atoms with Crippen LogP contribution in [0.4, 0.5) is 0 Å². The third-order valence-electron chi connectivity index (χ3n) is 1.81. The topological polar surface area (TPSA) is 12.4 Å². The Morgan fingerprint density at radius 2 is 2.27 bits per heavy atom. The highest BCUT2D eigenvalue weighted by atomic mass is 32.1. The molecule has 0 atom stereocenters. The quantitative estimate of drug-likeness (QED) is 0.543. The minimum atomic E-state index is 0.907. The summed E-state index contributed by atoms with van der Waals surface area (Å²) in [4.78, 5) is 5.37. The summed E-state index contributed by atoms with van der Waals surface area (Å²) in [6, 6.07) is 6.07. The van der Waals surface area contributed by atoms with E-state index in [2.05, 4.69) is 29.8 Å². The van der Waals surface area contributed by atoms with Crippen LogP contribution < -0.4 is 10.6 Å². The lowest BCUT2D eigenvalue weighted by atomic mass is 10.2. The molecule has 0 radical (unpaired) electrons. The fourth-order valence-electron chi connectivity index (χ4n) is 1.28. The largest absolute Gasteiger partial charge is 0.283 e. The van der Waals surface area contributed by atoms with Crippen molar-refractivity contribution in [3.8, 4) is 0 Å². The zero-order chi connectivity index (χ0) is 7.68. The fourth-order valence-corrected chi connectivity index (χ4v) is 1.57.